The van der Waals surface area contributed by atoms with Crippen molar-refractivity contribution in [3.05, 3.63) is 29.2 Å². The van der Waals surface area contributed by atoms with Gasteiger partial charge in [0.1, 0.15) is 6.07 Å². The number of allylic oxidation sites excluding steroid dienone is 2. The molecule has 0 aliphatic carbocycles. The largest absolute Gasteiger partial charge is 0.511 e. The highest BCUT2D eigenvalue weighted by Crippen LogP contribution is 2.17. The summed E-state index contributed by atoms with van der Waals surface area (Å²) in [5.41, 5.74) is 4.18. The molecule has 6 heteroatoms. The minimum atomic E-state index is -0.413. The van der Waals surface area contributed by atoms with Gasteiger partial charge in [-0.05, 0) is 12.2 Å². The molecule has 1 N–H and O–H groups in total. The Bertz CT molecular complexity index is 413. The molecule has 2 heterocycles. The summed E-state index contributed by atoms with van der Waals surface area (Å²) < 4.78 is 11.2. The van der Waals surface area contributed by atoms with E-state index in [1.165, 1.54) is 0 Å². The lowest BCUT2D eigenvalue weighted by Crippen LogP contribution is -2.41. The van der Waals surface area contributed by atoms with E-state index in [0.717, 1.165) is 18.7 Å². The van der Waals surface area contributed by atoms with Gasteiger partial charge in [-0.1, -0.05) is 5.73 Å². The van der Waals surface area contributed by atoms with Gasteiger partial charge in [0.2, 0.25) is 0 Å². The standard InChI is InChI=1S/C11H14BN3O2/c1-15-10(9-13)3-2-4-11(15)12-16-7-5-14-6-8-17-12/h2,4,14H,5-8H2,1H3. The van der Waals surface area contributed by atoms with Crippen molar-refractivity contribution >= 4 is 7.12 Å². The van der Waals surface area contributed by atoms with E-state index in [-0.39, 0.29) is 0 Å². The van der Waals surface area contributed by atoms with E-state index in [1.54, 1.807) is 11.0 Å². The van der Waals surface area contributed by atoms with E-state index < -0.39 is 7.12 Å². The third-order valence-electron chi connectivity index (χ3n) is 2.64. The highest BCUT2D eigenvalue weighted by atomic mass is 16.6. The van der Waals surface area contributed by atoms with Crippen LogP contribution in [-0.2, 0) is 9.31 Å². The quantitative estimate of drug-likeness (QED) is 0.510. The predicted molar refractivity (Wildman–Crippen MR) is 63.6 cm³/mol. The molecule has 88 valence electrons. The first kappa shape index (κ1) is 12.0. The van der Waals surface area contributed by atoms with Crippen molar-refractivity contribution in [2.75, 3.05) is 33.4 Å². The van der Waals surface area contributed by atoms with Crippen molar-refractivity contribution in [2.24, 2.45) is 0 Å². The fraction of sp³-hybridized carbons (Fsp3) is 0.455. The van der Waals surface area contributed by atoms with Gasteiger partial charge in [-0.15, -0.1) is 0 Å². The molecule has 0 bridgehead atoms. The summed E-state index contributed by atoms with van der Waals surface area (Å²) in [5, 5.41) is 12.1. The third kappa shape index (κ3) is 2.79. The van der Waals surface area contributed by atoms with E-state index >= 15 is 0 Å². The first-order valence-corrected chi connectivity index (χ1v) is 5.57. The smallest absolute Gasteiger partial charge is 0.405 e. The summed E-state index contributed by atoms with van der Waals surface area (Å²) in [7, 11) is 1.40. The van der Waals surface area contributed by atoms with Crippen molar-refractivity contribution in [2.45, 2.75) is 0 Å². The molecule has 0 radical (unpaired) electrons. The Labute approximate surface area is 101 Å². The first-order chi connectivity index (χ1) is 8.33. The summed E-state index contributed by atoms with van der Waals surface area (Å²) in [6.07, 6.45) is 3.58. The molecular weight excluding hydrogens is 217 g/mol. The topological polar surface area (TPSA) is 57.5 Å². The van der Waals surface area contributed by atoms with Crippen LogP contribution in [0.2, 0.25) is 0 Å². The highest BCUT2D eigenvalue weighted by molar-refractivity contribution is 6.53. The second-order valence-electron chi connectivity index (χ2n) is 3.75. The van der Waals surface area contributed by atoms with Gasteiger partial charge in [0, 0.05) is 38.9 Å². The van der Waals surface area contributed by atoms with Crippen LogP contribution in [0.5, 0.6) is 0 Å². The fourth-order valence-electron chi connectivity index (χ4n) is 1.71. The molecule has 0 spiro atoms. The van der Waals surface area contributed by atoms with Crippen LogP contribution in [0.25, 0.3) is 0 Å². The number of nitriles is 1. The maximum atomic E-state index is 8.95. The first-order valence-electron chi connectivity index (χ1n) is 5.57. The van der Waals surface area contributed by atoms with E-state index in [2.05, 4.69) is 17.1 Å². The molecule has 0 aromatic carbocycles. The van der Waals surface area contributed by atoms with Crippen molar-refractivity contribution in [3.8, 4) is 6.07 Å². The molecule has 2 aliphatic heterocycles. The summed E-state index contributed by atoms with van der Waals surface area (Å²) >= 11 is 0. The van der Waals surface area contributed by atoms with Crippen LogP contribution in [-0.4, -0.2) is 45.4 Å². The van der Waals surface area contributed by atoms with Gasteiger partial charge in [0.05, 0.1) is 0 Å². The second-order valence-corrected chi connectivity index (χ2v) is 3.75. The molecule has 0 aromatic rings. The van der Waals surface area contributed by atoms with E-state index in [0.29, 0.717) is 18.9 Å². The molecule has 0 aromatic heterocycles. The van der Waals surface area contributed by atoms with E-state index in [4.69, 9.17) is 14.6 Å². The second kappa shape index (κ2) is 5.71. The zero-order valence-electron chi connectivity index (χ0n) is 9.77. The number of hydrogen-bond acceptors (Lipinski definition) is 5. The van der Waals surface area contributed by atoms with Crippen LogP contribution in [0.4, 0.5) is 0 Å². The Morgan fingerprint density at radius 3 is 2.82 bits per heavy atom. The average molecular weight is 231 g/mol. The van der Waals surface area contributed by atoms with Crippen molar-refractivity contribution < 1.29 is 9.31 Å². The van der Waals surface area contributed by atoms with E-state index in [1.807, 2.05) is 13.1 Å². The maximum absolute atomic E-state index is 8.95. The van der Waals surface area contributed by atoms with E-state index in [9.17, 15) is 0 Å². The number of rotatable bonds is 1. The highest BCUT2D eigenvalue weighted by Gasteiger charge is 2.30. The lowest BCUT2D eigenvalue weighted by molar-refractivity contribution is 0.178. The Kier molecular flexibility index (Phi) is 4.02. The minimum Gasteiger partial charge on any atom is -0.405 e. The van der Waals surface area contributed by atoms with Crippen LogP contribution in [0.3, 0.4) is 0 Å². The maximum Gasteiger partial charge on any atom is 0.511 e. The Hall–Kier alpha value is -1.51. The van der Waals surface area contributed by atoms with Crippen molar-refractivity contribution in [1.29, 1.82) is 5.26 Å². The summed E-state index contributed by atoms with van der Waals surface area (Å²) in [6.45, 7) is 2.80. The number of nitrogens with zero attached hydrogens (tertiary/aromatic N) is 2. The zero-order chi connectivity index (χ0) is 12.1. The molecule has 2 rings (SSSR count). The molecule has 0 unspecified atom stereocenters. The molecule has 1 saturated heterocycles. The molecule has 1 fully saturated rings. The van der Waals surface area contributed by atoms with Crippen LogP contribution in [0, 0.1) is 11.3 Å². The summed E-state index contributed by atoms with van der Waals surface area (Å²) in [6, 6.07) is 2.09. The Morgan fingerprint density at radius 2 is 2.18 bits per heavy atom. The van der Waals surface area contributed by atoms with Crippen LogP contribution >= 0.6 is 0 Å². The lowest BCUT2D eigenvalue weighted by Gasteiger charge is -2.27. The number of nitrogens with one attached hydrogen (secondary N) is 1. The normalized spacial score (nSPS) is 21.2. The van der Waals surface area contributed by atoms with Gasteiger partial charge >= 0.3 is 7.12 Å². The molecule has 0 amide bonds. The van der Waals surface area contributed by atoms with Gasteiger partial charge in [0.25, 0.3) is 0 Å². The molecule has 17 heavy (non-hydrogen) atoms. The van der Waals surface area contributed by atoms with Gasteiger partial charge in [-0.2, -0.15) is 5.26 Å². The molecule has 5 nitrogen and oxygen atoms in total. The summed E-state index contributed by atoms with van der Waals surface area (Å²) in [5.74, 6) is 0. The average Bonchev–Trinajstić information content (AvgIpc) is 2.30. The molecule has 2 aliphatic rings. The van der Waals surface area contributed by atoms with Crippen molar-refractivity contribution in [1.82, 2.24) is 10.2 Å². The van der Waals surface area contributed by atoms with Crippen LogP contribution in [0.1, 0.15) is 0 Å². The van der Waals surface area contributed by atoms with Gasteiger partial charge in [-0.3, -0.25) is 0 Å². The lowest BCUT2D eigenvalue weighted by atomic mass is 9.81. The van der Waals surface area contributed by atoms with Gasteiger partial charge in [-0.25, -0.2) is 0 Å². The number of hydrogen-bond donors (Lipinski definition) is 1. The van der Waals surface area contributed by atoms with Gasteiger partial charge < -0.3 is 19.5 Å². The summed E-state index contributed by atoms with van der Waals surface area (Å²) in [4.78, 5) is 1.75. The Morgan fingerprint density at radius 1 is 1.47 bits per heavy atom. The monoisotopic (exact) mass is 231 g/mol. The van der Waals surface area contributed by atoms with Crippen LogP contribution < -0.4 is 5.32 Å². The molecular formula is C11H14BN3O2. The SMILES string of the molecule is CN1C(C#N)=C=CC=C1B1OCCNCCO1. The Balaban J connectivity index is 2.10. The third-order valence-corrected chi connectivity index (χ3v) is 2.64. The molecule has 0 atom stereocenters. The van der Waals surface area contributed by atoms with Crippen LogP contribution in [0.15, 0.2) is 29.2 Å². The zero-order valence-corrected chi connectivity index (χ0v) is 9.77. The van der Waals surface area contributed by atoms with Crippen molar-refractivity contribution in [3.63, 3.8) is 0 Å². The van der Waals surface area contributed by atoms with Gasteiger partial charge in [0.15, 0.2) is 5.70 Å². The predicted octanol–water partition coefficient (Wildman–Crippen LogP) is 0.0421. The molecule has 0 saturated carbocycles. The fourth-order valence-corrected chi connectivity index (χ4v) is 1.71. The minimum absolute atomic E-state index is 0.413.